The molecule has 1 rings (SSSR count). The molecule has 0 aliphatic carbocycles. The van der Waals surface area contributed by atoms with E-state index in [1.54, 1.807) is 12.1 Å². The first-order chi connectivity index (χ1) is 7.60. The van der Waals surface area contributed by atoms with E-state index >= 15 is 0 Å². The molecule has 1 aromatic carbocycles. The maximum atomic E-state index is 11.5. The zero-order valence-electron chi connectivity index (χ0n) is 9.57. The quantitative estimate of drug-likeness (QED) is 0.578. The van der Waals surface area contributed by atoms with Gasteiger partial charge in [-0.05, 0) is 32.0 Å². The van der Waals surface area contributed by atoms with E-state index in [9.17, 15) is 9.59 Å². The Kier molecular flexibility index (Phi) is 4.05. The van der Waals surface area contributed by atoms with Crippen LogP contribution >= 0.6 is 0 Å². The molecule has 4 heteroatoms. The van der Waals surface area contributed by atoms with Gasteiger partial charge in [-0.3, -0.25) is 4.79 Å². The molecule has 0 saturated heterocycles. The smallest absolute Gasteiger partial charge is 0.341 e. The summed E-state index contributed by atoms with van der Waals surface area (Å²) in [5, 5.41) is 0. The van der Waals surface area contributed by atoms with E-state index in [2.05, 4.69) is 4.74 Å². The Morgan fingerprint density at radius 1 is 1.31 bits per heavy atom. The summed E-state index contributed by atoms with van der Waals surface area (Å²) >= 11 is 0. The van der Waals surface area contributed by atoms with E-state index in [-0.39, 0.29) is 11.3 Å². The summed E-state index contributed by atoms with van der Waals surface area (Å²) in [6.07, 6.45) is 0. The number of benzene rings is 1. The summed E-state index contributed by atoms with van der Waals surface area (Å²) in [5.41, 5.74) is 0.737. The first-order valence-corrected chi connectivity index (χ1v) is 4.96. The molecule has 0 aromatic heterocycles. The van der Waals surface area contributed by atoms with Crippen LogP contribution in [-0.2, 0) is 4.74 Å². The number of hydrogen-bond donors (Lipinski definition) is 0. The highest BCUT2D eigenvalue weighted by atomic mass is 16.5. The molecule has 0 atom stereocenters. The fourth-order valence-electron chi connectivity index (χ4n) is 1.30. The molecule has 0 saturated carbocycles. The van der Waals surface area contributed by atoms with E-state index in [0.29, 0.717) is 17.9 Å². The van der Waals surface area contributed by atoms with E-state index in [1.165, 1.54) is 20.1 Å². The number of rotatable bonds is 4. The minimum Gasteiger partial charge on any atom is -0.493 e. The summed E-state index contributed by atoms with van der Waals surface area (Å²) in [7, 11) is 1.29. The van der Waals surface area contributed by atoms with Crippen LogP contribution in [0.4, 0.5) is 0 Å². The third-order valence-corrected chi connectivity index (χ3v) is 2.09. The Bertz CT molecular complexity index is 409. The summed E-state index contributed by atoms with van der Waals surface area (Å²) in [6.45, 7) is 3.71. The van der Waals surface area contributed by atoms with Crippen LogP contribution < -0.4 is 4.74 Å². The van der Waals surface area contributed by atoms with Crippen molar-refractivity contribution in [2.45, 2.75) is 13.8 Å². The standard InChI is InChI=1S/C12H14O4/c1-4-16-11-6-5-9(8(2)13)7-10(11)12(14)15-3/h5-7H,4H2,1-3H3. The largest absolute Gasteiger partial charge is 0.493 e. The number of carbonyl (C=O) groups is 2. The van der Waals surface area contributed by atoms with Crippen molar-refractivity contribution in [2.24, 2.45) is 0 Å². The topological polar surface area (TPSA) is 52.6 Å². The lowest BCUT2D eigenvalue weighted by Crippen LogP contribution is -2.07. The molecule has 0 radical (unpaired) electrons. The van der Waals surface area contributed by atoms with E-state index < -0.39 is 5.97 Å². The van der Waals surface area contributed by atoms with Gasteiger partial charge in [0, 0.05) is 5.56 Å². The summed E-state index contributed by atoms with van der Waals surface area (Å²) in [6, 6.07) is 4.71. The number of carbonyl (C=O) groups excluding carboxylic acids is 2. The third kappa shape index (κ3) is 2.59. The minimum atomic E-state index is -0.508. The summed E-state index contributed by atoms with van der Waals surface area (Å²) in [5.74, 6) is -0.181. The van der Waals surface area contributed by atoms with Crippen molar-refractivity contribution >= 4 is 11.8 Å². The molecular weight excluding hydrogens is 208 g/mol. The highest BCUT2D eigenvalue weighted by Gasteiger charge is 2.14. The van der Waals surface area contributed by atoms with Crippen LogP contribution in [0.3, 0.4) is 0 Å². The van der Waals surface area contributed by atoms with Gasteiger partial charge in [0.25, 0.3) is 0 Å². The average molecular weight is 222 g/mol. The number of methoxy groups -OCH3 is 1. The second kappa shape index (κ2) is 5.30. The fraction of sp³-hybridized carbons (Fsp3) is 0.333. The van der Waals surface area contributed by atoms with Gasteiger partial charge in [0.2, 0.25) is 0 Å². The Balaban J connectivity index is 3.20. The molecule has 0 bridgehead atoms. The van der Waals surface area contributed by atoms with Crippen molar-refractivity contribution in [2.75, 3.05) is 13.7 Å². The molecule has 0 fully saturated rings. The first kappa shape index (κ1) is 12.2. The number of hydrogen-bond acceptors (Lipinski definition) is 4. The normalized spacial score (nSPS) is 9.69. The second-order valence-electron chi connectivity index (χ2n) is 3.19. The molecule has 1 aromatic rings. The lowest BCUT2D eigenvalue weighted by molar-refractivity contribution is 0.0596. The number of ketones is 1. The molecule has 0 amide bonds. The van der Waals surface area contributed by atoms with Crippen molar-refractivity contribution in [1.29, 1.82) is 0 Å². The van der Waals surface area contributed by atoms with Crippen LogP contribution in [0.25, 0.3) is 0 Å². The minimum absolute atomic E-state index is 0.104. The molecule has 0 spiro atoms. The van der Waals surface area contributed by atoms with Gasteiger partial charge in [-0.1, -0.05) is 0 Å². The van der Waals surface area contributed by atoms with E-state index in [1.807, 2.05) is 6.92 Å². The summed E-state index contributed by atoms with van der Waals surface area (Å²) in [4.78, 5) is 22.7. The lowest BCUT2D eigenvalue weighted by Gasteiger charge is -2.09. The van der Waals surface area contributed by atoms with Gasteiger partial charge in [-0.2, -0.15) is 0 Å². The molecule has 0 unspecified atom stereocenters. The van der Waals surface area contributed by atoms with Crippen molar-refractivity contribution in [3.05, 3.63) is 29.3 Å². The Hall–Kier alpha value is -1.84. The van der Waals surface area contributed by atoms with Gasteiger partial charge in [0.1, 0.15) is 11.3 Å². The van der Waals surface area contributed by atoms with Gasteiger partial charge in [-0.15, -0.1) is 0 Å². The lowest BCUT2D eigenvalue weighted by atomic mass is 10.1. The predicted octanol–water partition coefficient (Wildman–Crippen LogP) is 2.07. The molecular formula is C12H14O4. The zero-order valence-corrected chi connectivity index (χ0v) is 9.57. The molecule has 86 valence electrons. The van der Waals surface area contributed by atoms with Crippen LogP contribution in [0.15, 0.2) is 18.2 Å². The first-order valence-electron chi connectivity index (χ1n) is 4.96. The predicted molar refractivity (Wildman–Crippen MR) is 59.0 cm³/mol. The van der Waals surface area contributed by atoms with E-state index in [0.717, 1.165) is 0 Å². The van der Waals surface area contributed by atoms with Gasteiger partial charge >= 0.3 is 5.97 Å². The second-order valence-corrected chi connectivity index (χ2v) is 3.19. The number of esters is 1. The SMILES string of the molecule is CCOc1ccc(C(C)=O)cc1C(=O)OC. The Morgan fingerprint density at radius 2 is 2.00 bits per heavy atom. The average Bonchev–Trinajstić information content (AvgIpc) is 2.28. The number of ether oxygens (including phenoxy) is 2. The van der Waals surface area contributed by atoms with Gasteiger partial charge in [0.05, 0.1) is 13.7 Å². The van der Waals surface area contributed by atoms with Crippen molar-refractivity contribution < 1.29 is 19.1 Å². The maximum Gasteiger partial charge on any atom is 0.341 e. The van der Waals surface area contributed by atoms with Crippen molar-refractivity contribution in [1.82, 2.24) is 0 Å². The monoisotopic (exact) mass is 222 g/mol. The molecule has 0 aliphatic heterocycles. The fourth-order valence-corrected chi connectivity index (χ4v) is 1.30. The van der Waals surface area contributed by atoms with Crippen LogP contribution in [0.2, 0.25) is 0 Å². The van der Waals surface area contributed by atoms with Crippen LogP contribution in [0, 0.1) is 0 Å². The molecule has 0 heterocycles. The third-order valence-electron chi connectivity index (χ3n) is 2.09. The van der Waals surface area contributed by atoms with Crippen LogP contribution in [0.5, 0.6) is 5.75 Å². The number of Topliss-reactive ketones (excluding diaryl/α,β-unsaturated/α-hetero) is 1. The molecule has 4 nitrogen and oxygen atoms in total. The maximum absolute atomic E-state index is 11.5. The van der Waals surface area contributed by atoms with Gasteiger partial charge in [0.15, 0.2) is 5.78 Å². The van der Waals surface area contributed by atoms with Crippen LogP contribution in [0.1, 0.15) is 34.6 Å². The zero-order chi connectivity index (χ0) is 12.1. The van der Waals surface area contributed by atoms with Crippen molar-refractivity contribution in [3.63, 3.8) is 0 Å². The Labute approximate surface area is 94.2 Å². The molecule has 0 N–H and O–H groups in total. The highest BCUT2D eigenvalue weighted by Crippen LogP contribution is 2.21. The van der Waals surface area contributed by atoms with Crippen LogP contribution in [-0.4, -0.2) is 25.5 Å². The molecule has 16 heavy (non-hydrogen) atoms. The van der Waals surface area contributed by atoms with Gasteiger partial charge < -0.3 is 9.47 Å². The van der Waals surface area contributed by atoms with Gasteiger partial charge in [-0.25, -0.2) is 4.79 Å². The summed E-state index contributed by atoms with van der Waals surface area (Å²) < 4.78 is 9.91. The van der Waals surface area contributed by atoms with E-state index in [4.69, 9.17) is 4.74 Å². The van der Waals surface area contributed by atoms with Crippen molar-refractivity contribution in [3.8, 4) is 5.75 Å². The highest BCUT2D eigenvalue weighted by molar-refractivity contribution is 5.99. The molecule has 0 aliphatic rings. The Morgan fingerprint density at radius 3 is 2.50 bits per heavy atom.